The lowest BCUT2D eigenvalue weighted by atomic mass is 9.96. The van der Waals surface area contributed by atoms with Crippen LogP contribution in [-0.2, 0) is 0 Å². The molecule has 2 heterocycles. The topological polar surface area (TPSA) is 21.3 Å². The fraction of sp³-hybridized carbons (Fsp3) is 0. The number of furan rings is 1. The molecule has 0 aliphatic heterocycles. The molecular formula is C48H32N2O. The summed E-state index contributed by atoms with van der Waals surface area (Å²) in [5.74, 6) is 0. The molecule has 240 valence electrons. The van der Waals surface area contributed by atoms with Gasteiger partial charge in [-0.05, 0) is 71.8 Å². The Bertz CT molecular complexity index is 2790. The fourth-order valence-electron chi connectivity index (χ4n) is 7.74. The van der Waals surface area contributed by atoms with Gasteiger partial charge in [-0.25, -0.2) is 0 Å². The van der Waals surface area contributed by atoms with E-state index in [1.165, 1.54) is 21.8 Å². The summed E-state index contributed by atoms with van der Waals surface area (Å²) in [6, 6.07) is 69.0. The summed E-state index contributed by atoms with van der Waals surface area (Å²) < 4.78 is 9.17. The van der Waals surface area contributed by atoms with Crippen molar-refractivity contribution < 1.29 is 4.42 Å². The van der Waals surface area contributed by atoms with Gasteiger partial charge >= 0.3 is 0 Å². The molecule has 0 saturated heterocycles. The van der Waals surface area contributed by atoms with Crippen molar-refractivity contribution in [2.75, 3.05) is 4.90 Å². The van der Waals surface area contributed by atoms with Gasteiger partial charge in [0.15, 0.2) is 0 Å². The largest absolute Gasteiger partial charge is 0.455 e. The highest BCUT2D eigenvalue weighted by atomic mass is 16.3. The maximum atomic E-state index is 6.80. The van der Waals surface area contributed by atoms with Gasteiger partial charge in [0, 0.05) is 44.0 Å². The minimum atomic E-state index is 0.872. The first kappa shape index (κ1) is 29.1. The summed E-state index contributed by atoms with van der Waals surface area (Å²) in [4.78, 5) is 2.38. The van der Waals surface area contributed by atoms with Gasteiger partial charge in [-0.1, -0.05) is 133 Å². The summed E-state index contributed by atoms with van der Waals surface area (Å²) in [5, 5.41) is 4.71. The van der Waals surface area contributed by atoms with Gasteiger partial charge in [0.05, 0.1) is 22.4 Å². The Morgan fingerprint density at radius 1 is 0.392 bits per heavy atom. The SMILES string of the molecule is c1ccc(-c2ccccc2N(c2ccccc2)c2ccc3c(oc4ccccc43)c2-c2ccc(-n3c4ccccc4c4ccccc43)cc2)cc1. The van der Waals surface area contributed by atoms with Crippen LogP contribution in [0, 0.1) is 0 Å². The second kappa shape index (κ2) is 11.9. The number of para-hydroxylation sites is 5. The lowest BCUT2D eigenvalue weighted by molar-refractivity contribution is 0.670. The molecule has 0 fully saturated rings. The quantitative estimate of drug-likeness (QED) is 0.178. The number of fused-ring (bicyclic) bond motifs is 6. The molecule has 0 atom stereocenters. The maximum Gasteiger partial charge on any atom is 0.145 e. The molecule has 0 aliphatic carbocycles. The Hall–Kier alpha value is -6.84. The zero-order chi connectivity index (χ0) is 33.7. The van der Waals surface area contributed by atoms with E-state index in [1.54, 1.807) is 0 Å². The second-order valence-corrected chi connectivity index (χ2v) is 12.9. The van der Waals surface area contributed by atoms with Crippen LogP contribution in [0.3, 0.4) is 0 Å². The maximum absolute atomic E-state index is 6.80. The zero-order valence-electron chi connectivity index (χ0n) is 27.8. The molecule has 2 aromatic heterocycles. The van der Waals surface area contributed by atoms with Crippen LogP contribution in [0.15, 0.2) is 199 Å². The summed E-state index contributed by atoms with van der Waals surface area (Å²) in [6.45, 7) is 0. The van der Waals surface area contributed by atoms with Gasteiger partial charge in [-0.3, -0.25) is 0 Å². The van der Waals surface area contributed by atoms with E-state index in [9.17, 15) is 0 Å². The molecule has 0 saturated carbocycles. The van der Waals surface area contributed by atoms with E-state index in [4.69, 9.17) is 4.42 Å². The van der Waals surface area contributed by atoms with Gasteiger partial charge in [0.2, 0.25) is 0 Å². The van der Waals surface area contributed by atoms with E-state index < -0.39 is 0 Å². The molecule has 0 unspecified atom stereocenters. The van der Waals surface area contributed by atoms with Crippen molar-refractivity contribution in [2.24, 2.45) is 0 Å². The van der Waals surface area contributed by atoms with Crippen LogP contribution in [0.2, 0.25) is 0 Å². The van der Waals surface area contributed by atoms with Crippen LogP contribution >= 0.6 is 0 Å². The molecule has 3 nitrogen and oxygen atoms in total. The third-order valence-corrected chi connectivity index (χ3v) is 10.0. The Morgan fingerprint density at radius 2 is 0.980 bits per heavy atom. The average molecular weight is 653 g/mol. The predicted octanol–water partition coefficient (Wildman–Crippen LogP) is 13.5. The highest BCUT2D eigenvalue weighted by molar-refractivity contribution is 6.14. The Labute approximate surface area is 295 Å². The second-order valence-electron chi connectivity index (χ2n) is 12.9. The molecule has 51 heavy (non-hydrogen) atoms. The number of hydrogen-bond donors (Lipinski definition) is 0. The lowest BCUT2D eigenvalue weighted by Crippen LogP contribution is -2.12. The fourth-order valence-corrected chi connectivity index (χ4v) is 7.74. The van der Waals surface area contributed by atoms with Crippen LogP contribution in [0.25, 0.3) is 71.7 Å². The first-order chi connectivity index (χ1) is 25.3. The van der Waals surface area contributed by atoms with Crippen molar-refractivity contribution in [3.05, 3.63) is 194 Å². The number of hydrogen-bond acceptors (Lipinski definition) is 2. The molecule has 0 bridgehead atoms. The van der Waals surface area contributed by atoms with Gasteiger partial charge in [-0.15, -0.1) is 0 Å². The number of rotatable bonds is 6. The van der Waals surface area contributed by atoms with Gasteiger partial charge in [0.25, 0.3) is 0 Å². The minimum Gasteiger partial charge on any atom is -0.455 e. The molecule has 10 aromatic rings. The number of benzene rings is 8. The van der Waals surface area contributed by atoms with Crippen molar-refractivity contribution in [1.82, 2.24) is 4.57 Å². The van der Waals surface area contributed by atoms with Crippen molar-refractivity contribution in [1.29, 1.82) is 0 Å². The van der Waals surface area contributed by atoms with Gasteiger partial charge in [0.1, 0.15) is 11.2 Å². The number of anilines is 3. The van der Waals surface area contributed by atoms with Crippen LogP contribution < -0.4 is 4.90 Å². The van der Waals surface area contributed by atoms with Crippen LogP contribution in [-0.4, -0.2) is 4.57 Å². The standard InChI is InChI=1S/C48H32N2O/c1-3-15-33(16-4-1)37-19-7-11-23-42(37)50(35-17-5-2-6-18-35)45-32-31-41-40-22-10-14-26-46(40)51-48(41)47(45)34-27-29-36(30-28-34)49-43-24-12-8-20-38(43)39-21-9-13-25-44(39)49/h1-32H. The highest BCUT2D eigenvalue weighted by Crippen LogP contribution is 2.48. The summed E-state index contributed by atoms with van der Waals surface area (Å²) in [7, 11) is 0. The van der Waals surface area contributed by atoms with E-state index in [-0.39, 0.29) is 0 Å². The Balaban J connectivity index is 1.24. The van der Waals surface area contributed by atoms with E-state index in [0.29, 0.717) is 0 Å². The molecule has 0 N–H and O–H groups in total. The molecule has 0 spiro atoms. The Kier molecular flexibility index (Phi) is 6.81. The van der Waals surface area contributed by atoms with E-state index in [0.717, 1.165) is 66.9 Å². The van der Waals surface area contributed by atoms with Crippen LogP contribution in [0.5, 0.6) is 0 Å². The van der Waals surface area contributed by atoms with Crippen molar-refractivity contribution in [2.45, 2.75) is 0 Å². The normalized spacial score (nSPS) is 11.5. The molecule has 10 rings (SSSR count). The molecule has 0 radical (unpaired) electrons. The minimum absolute atomic E-state index is 0.872. The summed E-state index contributed by atoms with van der Waals surface area (Å²) >= 11 is 0. The predicted molar refractivity (Wildman–Crippen MR) is 214 cm³/mol. The average Bonchev–Trinajstić information content (AvgIpc) is 3.75. The van der Waals surface area contributed by atoms with Gasteiger partial charge in [-0.2, -0.15) is 0 Å². The van der Waals surface area contributed by atoms with Gasteiger partial charge < -0.3 is 13.9 Å². The molecule has 0 amide bonds. The number of nitrogens with zero attached hydrogens (tertiary/aromatic N) is 2. The highest BCUT2D eigenvalue weighted by Gasteiger charge is 2.24. The van der Waals surface area contributed by atoms with Crippen molar-refractivity contribution in [3.63, 3.8) is 0 Å². The lowest BCUT2D eigenvalue weighted by Gasteiger charge is -2.30. The smallest absolute Gasteiger partial charge is 0.145 e. The van der Waals surface area contributed by atoms with E-state index >= 15 is 0 Å². The van der Waals surface area contributed by atoms with E-state index in [2.05, 4.69) is 198 Å². The molecular weight excluding hydrogens is 621 g/mol. The summed E-state index contributed by atoms with van der Waals surface area (Å²) in [5.41, 5.74) is 12.9. The summed E-state index contributed by atoms with van der Waals surface area (Å²) in [6.07, 6.45) is 0. The monoisotopic (exact) mass is 652 g/mol. The first-order valence-corrected chi connectivity index (χ1v) is 17.4. The molecule has 3 heteroatoms. The van der Waals surface area contributed by atoms with Crippen molar-refractivity contribution >= 4 is 60.8 Å². The third-order valence-electron chi connectivity index (χ3n) is 10.0. The van der Waals surface area contributed by atoms with Crippen molar-refractivity contribution in [3.8, 4) is 27.9 Å². The van der Waals surface area contributed by atoms with Crippen LogP contribution in [0.4, 0.5) is 17.1 Å². The first-order valence-electron chi connectivity index (χ1n) is 17.4. The zero-order valence-corrected chi connectivity index (χ0v) is 27.8. The van der Waals surface area contributed by atoms with E-state index in [1.807, 2.05) is 6.07 Å². The number of aromatic nitrogens is 1. The molecule has 8 aromatic carbocycles. The van der Waals surface area contributed by atoms with Crippen LogP contribution in [0.1, 0.15) is 0 Å². The third kappa shape index (κ3) is 4.74. The Morgan fingerprint density at radius 3 is 1.71 bits per heavy atom. The molecule has 0 aliphatic rings.